The lowest BCUT2D eigenvalue weighted by atomic mass is 9.83. The third-order valence-corrected chi connectivity index (χ3v) is 8.42. The van der Waals surface area contributed by atoms with Gasteiger partial charge in [0.1, 0.15) is 4.75 Å². The number of nitrogens with zero attached hydrogens (tertiary/aromatic N) is 2. The van der Waals surface area contributed by atoms with Crippen LogP contribution in [0.5, 0.6) is 0 Å². The number of pyridine rings is 1. The van der Waals surface area contributed by atoms with Crippen molar-refractivity contribution in [2.24, 2.45) is 11.8 Å². The van der Waals surface area contributed by atoms with E-state index >= 15 is 0 Å². The monoisotopic (exact) mass is 394 g/mol. The highest BCUT2D eigenvalue weighted by molar-refractivity contribution is 7.93. The summed E-state index contributed by atoms with van der Waals surface area (Å²) in [6.45, 7) is 7.52. The summed E-state index contributed by atoms with van der Waals surface area (Å²) in [4.78, 5) is 18.4. The van der Waals surface area contributed by atoms with Crippen LogP contribution in [-0.4, -0.2) is 54.4 Å². The van der Waals surface area contributed by atoms with Gasteiger partial charge in [0.05, 0.1) is 24.7 Å². The van der Waals surface area contributed by atoms with Gasteiger partial charge in [-0.25, -0.2) is 8.42 Å². The maximum atomic E-state index is 12.7. The lowest BCUT2D eigenvalue weighted by Gasteiger charge is -2.50. The third-order valence-electron chi connectivity index (χ3n) is 5.82. The van der Waals surface area contributed by atoms with Crippen molar-refractivity contribution >= 4 is 15.7 Å². The van der Waals surface area contributed by atoms with Crippen molar-refractivity contribution in [2.75, 3.05) is 25.4 Å². The first-order valence-electron chi connectivity index (χ1n) is 9.74. The number of sulfone groups is 1. The molecule has 2 aliphatic heterocycles. The van der Waals surface area contributed by atoms with E-state index in [0.717, 1.165) is 17.8 Å². The Bertz CT molecular complexity index is 785. The first-order valence-corrected chi connectivity index (χ1v) is 11.4. The fraction of sp³-hybridized carbons (Fsp3) is 0.700. The average molecular weight is 395 g/mol. The van der Waals surface area contributed by atoms with Gasteiger partial charge in [-0.2, -0.15) is 0 Å². The minimum Gasteiger partial charge on any atom is -0.375 e. The van der Waals surface area contributed by atoms with Crippen LogP contribution in [0.1, 0.15) is 44.5 Å². The van der Waals surface area contributed by atoms with Crippen molar-refractivity contribution in [3.05, 3.63) is 29.6 Å². The van der Waals surface area contributed by atoms with Crippen molar-refractivity contribution in [3.8, 4) is 0 Å². The summed E-state index contributed by atoms with van der Waals surface area (Å²) in [6.07, 6.45) is 1.94. The lowest BCUT2D eigenvalue weighted by molar-refractivity contribution is -0.138. The van der Waals surface area contributed by atoms with E-state index in [-0.39, 0.29) is 17.6 Å². The summed E-state index contributed by atoms with van der Waals surface area (Å²) in [5, 5.41) is 0. The zero-order valence-electron chi connectivity index (χ0n) is 16.5. The van der Waals surface area contributed by atoms with Crippen LogP contribution in [0.25, 0.3) is 0 Å². The molecular weight excluding hydrogens is 364 g/mol. The number of ether oxygens (including phenoxy) is 1. The summed E-state index contributed by atoms with van der Waals surface area (Å²) < 4.78 is 30.4. The minimum atomic E-state index is -3.19. The first-order chi connectivity index (χ1) is 12.7. The second-order valence-electron chi connectivity index (χ2n) is 8.34. The van der Waals surface area contributed by atoms with Crippen molar-refractivity contribution in [1.82, 2.24) is 9.88 Å². The van der Waals surface area contributed by atoms with Crippen LogP contribution in [0.2, 0.25) is 0 Å². The maximum absolute atomic E-state index is 12.7. The van der Waals surface area contributed by atoms with Crippen LogP contribution in [0, 0.1) is 18.8 Å². The number of amides is 1. The van der Waals surface area contributed by atoms with E-state index in [1.54, 1.807) is 4.90 Å². The molecule has 0 aromatic carbocycles. The molecule has 3 rings (SSSR count). The predicted molar refractivity (Wildman–Crippen MR) is 104 cm³/mol. The van der Waals surface area contributed by atoms with Crippen molar-refractivity contribution in [3.63, 3.8) is 0 Å². The van der Waals surface area contributed by atoms with E-state index in [4.69, 9.17) is 4.74 Å². The smallest absolute Gasteiger partial charge is 0.222 e. The van der Waals surface area contributed by atoms with Gasteiger partial charge in [0.25, 0.3) is 0 Å². The Balaban J connectivity index is 1.57. The number of hydrogen-bond acceptors (Lipinski definition) is 5. The van der Waals surface area contributed by atoms with Crippen molar-refractivity contribution in [2.45, 2.75) is 51.4 Å². The highest BCUT2D eigenvalue weighted by Crippen LogP contribution is 2.45. The predicted octanol–water partition coefficient (Wildman–Crippen LogP) is 2.36. The zero-order valence-corrected chi connectivity index (χ0v) is 17.3. The minimum absolute atomic E-state index is 0.0542. The number of aromatic nitrogens is 1. The standard InChI is InChI=1S/C20H30N2O4S/c1-15(2)7-8-19(23)22-13-20(14-22)17(9-10-27(20,24)25)11-26-12-18-6-4-5-16(3)21-18/h4-6,15,17H,7-14H2,1-3H3. The molecule has 1 aromatic rings. The fourth-order valence-electron chi connectivity index (χ4n) is 4.04. The van der Waals surface area contributed by atoms with Crippen molar-refractivity contribution < 1.29 is 17.9 Å². The number of rotatable bonds is 7. The summed E-state index contributed by atoms with van der Waals surface area (Å²) in [5.41, 5.74) is 1.79. The molecule has 0 saturated carbocycles. The molecule has 3 heterocycles. The summed E-state index contributed by atoms with van der Waals surface area (Å²) in [6, 6.07) is 5.78. The van der Waals surface area contributed by atoms with Gasteiger partial charge >= 0.3 is 0 Å². The van der Waals surface area contributed by atoms with E-state index in [1.165, 1.54) is 0 Å². The Morgan fingerprint density at radius 2 is 2.11 bits per heavy atom. The summed E-state index contributed by atoms with van der Waals surface area (Å²) in [5.74, 6) is 0.676. The highest BCUT2D eigenvalue weighted by Gasteiger charge is 2.62. The van der Waals surface area contributed by atoms with Crippen LogP contribution in [0.3, 0.4) is 0 Å². The maximum Gasteiger partial charge on any atom is 0.222 e. The van der Waals surface area contributed by atoms with Gasteiger partial charge in [-0.05, 0) is 37.8 Å². The Labute approximate surface area is 162 Å². The Morgan fingerprint density at radius 3 is 2.78 bits per heavy atom. The Morgan fingerprint density at radius 1 is 1.37 bits per heavy atom. The number of likely N-dealkylation sites (tertiary alicyclic amines) is 1. The molecule has 1 aromatic heterocycles. The third kappa shape index (κ3) is 4.19. The number of aryl methyl sites for hydroxylation is 1. The number of carbonyl (C=O) groups excluding carboxylic acids is 1. The molecule has 2 fully saturated rings. The molecule has 2 aliphatic rings. The Hall–Kier alpha value is -1.47. The molecule has 0 radical (unpaired) electrons. The van der Waals surface area contributed by atoms with Gasteiger partial charge in [-0.15, -0.1) is 0 Å². The van der Waals surface area contributed by atoms with E-state index in [2.05, 4.69) is 18.8 Å². The van der Waals surface area contributed by atoms with Crippen molar-refractivity contribution in [1.29, 1.82) is 0 Å². The molecular formula is C20H30N2O4S. The Kier molecular flexibility index (Phi) is 5.91. The SMILES string of the molecule is Cc1cccc(COCC2CCS(=O)(=O)C23CN(C(=O)CCC(C)C)C3)n1. The van der Waals surface area contributed by atoms with Gasteiger partial charge < -0.3 is 9.64 Å². The fourth-order valence-corrected chi connectivity index (χ4v) is 6.44. The van der Waals surface area contributed by atoms with Crippen LogP contribution in [0.4, 0.5) is 0 Å². The first kappa shape index (κ1) is 20.3. The zero-order chi connectivity index (χ0) is 19.7. The number of hydrogen-bond donors (Lipinski definition) is 0. The van der Waals surface area contributed by atoms with E-state index in [1.807, 2.05) is 25.1 Å². The summed E-state index contributed by atoms with van der Waals surface area (Å²) in [7, 11) is -3.19. The van der Waals surface area contributed by atoms with Crippen LogP contribution >= 0.6 is 0 Å². The van der Waals surface area contributed by atoms with E-state index < -0.39 is 14.6 Å². The molecule has 1 spiro atoms. The average Bonchev–Trinajstić information content (AvgIpc) is 2.82. The van der Waals surface area contributed by atoms with Gasteiger partial charge in [-0.3, -0.25) is 9.78 Å². The molecule has 1 atom stereocenters. The second kappa shape index (κ2) is 7.87. The molecule has 6 nitrogen and oxygen atoms in total. The van der Waals surface area contributed by atoms with Crippen LogP contribution in [-0.2, 0) is 26.0 Å². The van der Waals surface area contributed by atoms with E-state index in [9.17, 15) is 13.2 Å². The lowest BCUT2D eigenvalue weighted by Crippen LogP contribution is -2.68. The highest BCUT2D eigenvalue weighted by atomic mass is 32.2. The molecule has 0 bridgehead atoms. The largest absolute Gasteiger partial charge is 0.375 e. The number of carbonyl (C=O) groups is 1. The summed E-state index contributed by atoms with van der Waals surface area (Å²) >= 11 is 0. The molecule has 1 amide bonds. The quantitative estimate of drug-likeness (QED) is 0.710. The molecule has 0 N–H and O–H groups in total. The molecule has 27 heavy (non-hydrogen) atoms. The molecule has 0 aliphatic carbocycles. The molecule has 150 valence electrons. The van der Waals surface area contributed by atoms with Gasteiger partial charge in [0, 0.05) is 31.1 Å². The van der Waals surface area contributed by atoms with Gasteiger partial charge in [0.15, 0.2) is 9.84 Å². The van der Waals surface area contributed by atoms with Gasteiger partial charge in [-0.1, -0.05) is 19.9 Å². The van der Waals surface area contributed by atoms with Crippen LogP contribution in [0.15, 0.2) is 18.2 Å². The second-order valence-corrected chi connectivity index (χ2v) is 10.8. The topological polar surface area (TPSA) is 76.6 Å². The normalized spacial score (nSPS) is 23.0. The molecule has 2 saturated heterocycles. The van der Waals surface area contributed by atoms with Crippen LogP contribution < -0.4 is 0 Å². The van der Waals surface area contributed by atoms with E-state index in [0.29, 0.717) is 45.1 Å². The molecule has 1 unspecified atom stereocenters. The molecule has 7 heteroatoms. The van der Waals surface area contributed by atoms with Gasteiger partial charge in [0.2, 0.25) is 5.91 Å².